The van der Waals surface area contributed by atoms with Crippen molar-refractivity contribution in [3.63, 3.8) is 0 Å². The third-order valence-corrected chi connectivity index (χ3v) is 11.4. The molecular weight excluding hydrogens is 850 g/mol. The molecule has 0 aliphatic carbocycles. The molecule has 3 aliphatic rings. The van der Waals surface area contributed by atoms with E-state index in [9.17, 15) is 28.8 Å². The van der Waals surface area contributed by atoms with Gasteiger partial charge in [0.15, 0.2) is 0 Å². The van der Waals surface area contributed by atoms with Crippen LogP contribution in [-0.4, -0.2) is 103 Å². The Morgan fingerprint density at radius 3 is 2.38 bits per heavy atom. The highest BCUT2D eigenvalue weighted by Crippen LogP contribution is 2.43. The van der Waals surface area contributed by atoms with E-state index >= 15 is 0 Å². The van der Waals surface area contributed by atoms with Crippen molar-refractivity contribution >= 4 is 57.1 Å². The first-order valence-electron chi connectivity index (χ1n) is 21.3. The zero-order chi connectivity index (χ0) is 44.4. The van der Waals surface area contributed by atoms with Crippen LogP contribution in [-0.2, 0) is 54.3 Å². The lowest BCUT2D eigenvalue weighted by atomic mass is 9.88. The highest BCUT2D eigenvalue weighted by molar-refractivity contribution is 9.09. The molecule has 3 heterocycles. The van der Waals surface area contributed by atoms with E-state index in [1.54, 1.807) is 25.1 Å². The standard InChI is InChI=1S/C45H64BrN5O10/c1-29(11-18-39-30(2)21-38(32(4)60-39)51-41(54)19-12-31(3)59-33(5)52)10-17-36-23-45(28-58-45)24-37(61-36)22-42(55)48-26-34-13-15-35(16-14-34)50-44(57)27-49-40(53)9-7-6-8-20-47-43(56)25-46/h10-17,19,30-32,36-39H,6-9,18,20-28H2,1-5H3,(H,47,56)(H,48,55)(H,49,53)(H,50,57)(H,51,54)/b17-10+,19-12-,29-11+/t30-,31-,32+,36+,37+,38+,39-,45+/m0/s1. The average molecular weight is 915 g/mol. The molecule has 0 aromatic heterocycles. The van der Waals surface area contributed by atoms with Crippen molar-refractivity contribution in [1.29, 1.82) is 0 Å². The second-order valence-corrected chi connectivity index (χ2v) is 17.0. The number of anilines is 1. The Morgan fingerprint density at radius 2 is 1.67 bits per heavy atom. The van der Waals surface area contributed by atoms with Crippen molar-refractivity contribution < 1.29 is 47.7 Å². The maximum Gasteiger partial charge on any atom is 0.303 e. The average Bonchev–Trinajstić information content (AvgIpc) is 3.96. The van der Waals surface area contributed by atoms with Gasteiger partial charge in [0, 0.05) is 51.0 Å². The number of epoxide rings is 1. The zero-order valence-corrected chi connectivity index (χ0v) is 37.7. The molecule has 0 saturated carbocycles. The molecule has 61 heavy (non-hydrogen) atoms. The number of nitrogens with one attached hydrogen (secondary N) is 5. The Morgan fingerprint density at radius 1 is 0.918 bits per heavy atom. The lowest BCUT2D eigenvalue weighted by molar-refractivity contribution is -0.143. The number of carbonyl (C=O) groups excluding carboxylic acids is 6. The van der Waals surface area contributed by atoms with E-state index in [0.29, 0.717) is 44.6 Å². The third kappa shape index (κ3) is 18.6. The van der Waals surface area contributed by atoms with Crippen LogP contribution < -0.4 is 26.6 Å². The first-order chi connectivity index (χ1) is 29.1. The molecule has 15 nitrogen and oxygen atoms in total. The Labute approximate surface area is 368 Å². The van der Waals surface area contributed by atoms with Crippen molar-refractivity contribution in [2.45, 2.75) is 141 Å². The summed E-state index contributed by atoms with van der Waals surface area (Å²) in [6.07, 6.45) is 13.7. The predicted molar refractivity (Wildman–Crippen MR) is 234 cm³/mol. The number of alkyl halides is 1. The minimum absolute atomic E-state index is 0.00670. The maximum atomic E-state index is 13.0. The Kier molecular flexibility index (Phi) is 20.1. The van der Waals surface area contributed by atoms with E-state index in [4.69, 9.17) is 18.9 Å². The number of hydrogen-bond donors (Lipinski definition) is 5. The molecule has 1 aromatic carbocycles. The SMILES string of the molecule is CC(=O)O[C@@H](C)/C=C\C(=O)N[C@@H]1C[C@H](C)[C@H](C/C=C(C)/C=C/[C@@H]2C[C@]3(CO3)C[C@@H](CC(=O)NCc3ccc(NC(=O)CNC(=O)CCCCCNC(=O)CBr)cc3)O2)O[C@@H]1C. The molecule has 5 amide bonds. The van der Waals surface area contributed by atoms with Gasteiger partial charge in [-0.3, -0.25) is 28.8 Å². The van der Waals surface area contributed by atoms with E-state index in [1.807, 2.05) is 32.1 Å². The number of carbonyl (C=O) groups is 6. The van der Waals surface area contributed by atoms with Crippen LogP contribution in [0.1, 0.15) is 98.0 Å². The summed E-state index contributed by atoms with van der Waals surface area (Å²) >= 11 is 3.09. The van der Waals surface area contributed by atoms with Gasteiger partial charge in [-0.25, -0.2) is 0 Å². The van der Waals surface area contributed by atoms with E-state index in [1.165, 1.54) is 13.0 Å². The molecule has 0 unspecified atom stereocenters. The molecule has 8 atom stereocenters. The van der Waals surface area contributed by atoms with Crippen LogP contribution in [0.4, 0.5) is 5.69 Å². The van der Waals surface area contributed by atoms with E-state index < -0.39 is 12.1 Å². The minimum Gasteiger partial charge on any atom is -0.459 e. The molecule has 3 fully saturated rings. The summed E-state index contributed by atoms with van der Waals surface area (Å²) in [6.45, 7) is 10.6. The monoisotopic (exact) mass is 913 g/mol. The molecule has 5 N–H and O–H groups in total. The van der Waals surface area contributed by atoms with Crippen LogP contribution in [0.15, 0.2) is 60.2 Å². The first-order valence-corrected chi connectivity index (χ1v) is 22.4. The van der Waals surface area contributed by atoms with Gasteiger partial charge in [0.2, 0.25) is 29.5 Å². The van der Waals surface area contributed by atoms with Crippen LogP contribution >= 0.6 is 15.9 Å². The van der Waals surface area contributed by atoms with E-state index in [-0.39, 0.29) is 89.8 Å². The lowest BCUT2D eigenvalue weighted by Crippen LogP contribution is -2.50. The quantitative estimate of drug-likeness (QED) is 0.0268. The van der Waals surface area contributed by atoms with Gasteiger partial charge in [-0.15, -0.1) is 0 Å². The number of esters is 1. The highest BCUT2D eigenvalue weighted by atomic mass is 79.9. The normalized spacial score (nSPS) is 25.4. The van der Waals surface area contributed by atoms with Gasteiger partial charge in [0.05, 0.1) is 61.0 Å². The Hall–Kier alpha value is -4.38. The second kappa shape index (κ2) is 24.9. The van der Waals surface area contributed by atoms with Gasteiger partial charge in [-0.05, 0) is 76.1 Å². The van der Waals surface area contributed by atoms with Crippen molar-refractivity contribution in [1.82, 2.24) is 21.3 Å². The summed E-state index contributed by atoms with van der Waals surface area (Å²) in [4.78, 5) is 72.3. The summed E-state index contributed by atoms with van der Waals surface area (Å²) in [5.74, 6) is -1.16. The van der Waals surface area contributed by atoms with Crippen molar-refractivity contribution in [2.24, 2.45) is 5.92 Å². The van der Waals surface area contributed by atoms with Gasteiger partial charge >= 0.3 is 5.97 Å². The Balaban J connectivity index is 1.13. The molecule has 3 aliphatic heterocycles. The number of allylic oxidation sites excluding steroid dienone is 2. The first kappa shape index (κ1) is 49.3. The van der Waals surface area contributed by atoms with E-state index in [0.717, 1.165) is 43.2 Å². The smallest absolute Gasteiger partial charge is 0.303 e. The topological polar surface area (TPSA) is 203 Å². The number of ether oxygens (including phenoxy) is 4. The van der Waals surface area contributed by atoms with Gasteiger partial charge in [-0.1, -0.05) is 65.2 Å². The number of benzene rings is 1. The summed E-state index contributed by atoms with van der Waals surface area (Å²) in [5, 5.41) is 14.4. The second-order valence-electron chi connectivity index (χ2n) is 16.4. The van der Waals surface area contributed by atoms with Gasteiger partial charge < -0.3 is 45.5 Å². The molecular formula is C45H64BrN5O10. The number of hydrogen-bond acceptors (Lipinski definition) is 10. The van der Waals surface area contributed by atoms with Crippen molar-refractivity contribution in [3.8, 4) is 0 Å². The van der Waals surface area contributed by atoms with Crippen LogP contribution in [0.3, 0.4) is 0 Å². The largest absolute Gasteiger partial charge is 0.459 e. The van der Waals surface area contributed by atoms with Crippen LogP contribution in [0.25, 0.3) is 0 Å². The molecule has 336 valence electrons. The fourth-order valence-electron chi connectivity index (χ4n) is 7.40. The molecule has 1 spiro atoms. The number of halogens is 1. The number of rotatable bonds is 22. The fraction of sp³-hybridized carbons (Fsp3) is 0.600. The number of amides is 5. The van der Waals surface area contributed by atoms with Crippen molar-refractivity contribution in [3.05, 3.63) is 65.8 Å². The molecule has 1 aromatic rings. The molecule has 0 radical (unpaired) electrons. The molecule has 3 saturated heterocycles. The molecule has 0 bridgehead atoms. The summed E-state index contributed by atoms with van der Waals surface area (Å²) < 4.78 is 23.6. The minimum atomic E-state index is -0.485. The van der Waals surface area contributed by atoms with E-state index in [2.05, 4.69) is 61.6 Å². The maximum absolute atomic E-state index is 13.0. The highest BCUT2D eigenvalue weighted by Gasteiger charge is 2.51. The summed E-state index contributed by atoms with van der Waals surface area (Å²) in [6, 6.07) is 7.02. The zero-order valence-electron chi connectivity index (χ0n) is 36.1. The van der Waals surface area contributed by atoms with Crippen LogP contribution in [0, 0.1) is 5.92 Å². The van der Waals surface area contributed by atoms with Gasteiger partial charge in [0.25, 0.3) is 0 Å². The molecule has 16 heteroatoms. The molecule has 4 rings (SSSR count). The number of unbranched alkanes of at least 4 members (excludes halogenated alkanes) is 2. The predicted octanol–water partition coefficient (Wildman–Crippen LogP) is 4.83. The third-order valence-electron chi connectivity index (χ3n) is 10.9. The van der Waals surface area contributed by atoms with Gasteiger partial charge in [0.1, 0.15) is 6.10 Å². The van der Waals surface area contributed by atoms with Crippen LogP contribution in [0.2, 0.25) is 0 Å². The Bertz CT molecular complexity index is 1750. The summed E-state index contributed by atoms with van der Waals surface area (Å²) in [5.41, 5.74) is 2.27. The van der Waals surface area contributed by atoms with Crippen LogP contribution in [0.5, 0.6) is 0 Å². The lowest BCUT2D eigenvalue weighted by Gasteiger charge is -2.39. The fourth-order valence-corrected chi connectivity index (χ4v) is 7.60. The summed E-state index contributed by atoms with van der Waals surface area (Å²) in [7, 11) is 0. The van der Waals surface area contributed by atoms with Gasteiger partial charge in [-0.2, -0.15) is 0 Å². The van der Waals surface area contributed by atoms with Crippen molar-refractivity contribution in [2.75, 3.05) is 30.3 Å².